The van der Waals surface area contributed by atoms with Crippen LogP contribution in [0.25, 0.3) is 10.2 Å². The van der Waals surface area contributed by atoms with Gasteiger partial charge in [-0.1, -0.05) is 0 Å². The lowest BCUT2D eigenvalue weighted by Crippen LogP contribution is -2.36. The fourth-order valence-electron chi connectivity index (χ4n) is 1.55. The Balaban J connectivity index is 2.54. The van der Waals surface area contributed by atoms with Crippen LogP contribution >= 0.6 is 11.3 Å². The molecule has 100 valence electrons. The van der Waals surface area contributed by atoms with Crippen LogP contribution in [0, 0.1) is 10.1 Å². The monoisotopic (exact) mass is 282 g/mol. The van der Waals surface area contributed by atoms with Gasteiger partial charge in [-0.2, -0.15) is 0 Å². The molecule has 0 aliphatic carbocycles. The Labute approximate surface area is 111 Å². The van der Waals surface area contributed by atoms with E-state index >= 15 is 0 Å². The quantitative estimate of drug-likeness (QED) is 0.668. The van der Waals surface area contributed by atoms with Gasteiger partial charge < -0.3 is 10.0 Å². The topological polar surface area (TPSA) is 109 Å². The van der Waals surface area contributed by atoms with Crippen molar-refractivity contribution in [2.45, 2.75) is 13.0 Å². The number of hydrogen-bond donors (Lipinski definition) is 1. The van der Waals surface area contributed by atoms with Gasteiger partial charge in [-0.15, -0.1) is 0 Å². The van der Waals surface area contributed by atoms with Gasteiger partial charge in [-0.3, -0.25) is 10.1 Å². The minimum absolute atomic E-state index is 0.0480. The number of nitrogens with zero attached hydrogens (tertiary/aromatic N) is 4. The fourth-order valence-corrected chi connectivity index (χ4v) is 2.36. The van der Waals surface area contributed by atoms with Crippen LogP contribution in [0.5, 0.6) is 0 Å². The Morgan fingerprint density at radius 3 is 2.84 bits per heavy atom. The second-order valence-electron chi connectivity index (χ2n) is 3.88. The summed E-state index contributed by atoms with van der Waals surface area (Å²) in [6, 6.07) is 0.567. The van der Waals surface area contributed by atoms with E-state index in [9.17, 15) is 14.9 Å². The van der Waals surface area contributed by atoms with Crippen LogP contribution in [-0.2, 0) is 4.79 Å². The van der Waals surface area contributed by atoms with Gasteiger partial charge in [0.05, 0.1) is 10.3 Å². The number of carboxylic acid groups (broad SMARTS) is 1. The molecule has 0 aliphatic heterocycles. The van der Waals surface area contributed by atoms with E-state index < -0.39 is 16.9 Å². The molecule has 2 aromatic rings. The summed E-state index contributed by atoms with van der Waals surface area (Å²) in [6.45, 7) is 1.51. The van der Waals surface area contributed by atoms with Crippen LogP contribution in [0.1, 0.15) is 6.92 Å². The van der Waals surface area contributed by atoms with Crippen molar-refractivity contribution >= 4 is 38.3 Å². The molecule has 2 rings (SSSR count). The van der Waals surface area contributed by atoms with Crippen LogP contribution in [0.2, 0.25) is 0 Å². The van der Waals surface area contributed by atoms with E-state index in [-0.39, 0.29) is 5.00 Å². The minimum Gasteiger partial charge on any atom is -0.480 e. The van der Waals surface area contributed by atoms with E-state index in [2.05, 4.69) is 9.97 Å². The van der Waals surface area contributed by atoms with Crippen LogP contribution in [0.4, 0.5) is 10.8 Å². The minimum atomic E-state index is -1.00. The Morgan fingerprint density at radius 1 is 1.58 bits per heavy atom. The highest BCUT2D eigenvalue weighted by Crippen LogP contribution is 2.34. The summed E-state index contributed by atoms with van der Waals surface area (Å²) in [6.07, 6.45) is 1.27. The van der Waals surface area contributed by atoms with Crippen molar-refractivity contribution in [3.63, 3.8) is 0 Å². The molecule has 1 N–H and O–H groups in total. The van der Waals surface area contributed by atoms with Crippen molar-refractivity contribution < 1.29 is 14.8 Å². The maximum absolute atomic E-state index is 11.0. The van der Waals surface area contributed by atoms with Gasteiger partial charge in [0.25, 0.3) is 0 Å². The third-order valence-electron chi connectivity index (χ3n) is 2.75. The molecule has 1 unspecified atom stereocenters. The zero-order chi connectivity index (χ0) is 14.2. The van der Waals surface area contributed by atoms with Gasteiger partial charge >= 0.3 is 11.0 Å². The summed E-state index contributed by atoms with van der Waals surface area (Å²) in [7, 11) is 1.57. The average Bonchev–Trinajstić information content (AvgIpc) is 2.80. The molecule has 0 fully saturated rings. The van der Waals surface area contributed by atoms with E-state index in [1.54, 1.807) is 7.05 Å². The third kappa shape index (κ3) is 2.32. The molecule has 0 saturated carbocycles. The molecule has 0 amide bonds. The van der Waals surface area contributed by atoms with Crippen molar-refractivity contribution in [2.75, 3.05) is 11.9 Å². The first-order chi connectivity index (χ1) is 8.91. The number of rotatable bonds is 4. The number of likely N-dealkylation sites (N-methyl/N-ethyl adjacent to an activating group) is 1. The maximum Gasteiger partial charge on any atom is 0.326 e. The molecule has 2 aromatic heterocycles. The number of aliphatic carboxylic acids is 1. The normalized spacial score (nSPS) is 12.3. The maximum atomic E-state index is 11.0. The highest BCUT2D eigenvalue weighted by molar-refractivity contribution is 7.21. The van der Waals surface area contributed by atoms with Gasteiger partial charge in [-0.05, 0) is 18.3 Å². The summed E-state index contributed by atoms with van der Waals surface area (Å²) < 4.78 is 0. The first kappa shape index (κ1) is 13.1. The second kappa shape index (κ2) is 4.76. The lowest BCUT2D eigenvalue weighted by atomic mass is 10.2. The Kier molecular flexibility index (Phi) is 3.30. The highest BCUT2D eigenvalue weighted by atomic mass is 32.1. The molecule has 2 heterocycles. The third-order valence-corrected chi connectivity index (χ3v) is 3.74. The highest BCUT2D eigenvalue weighted by Gasteiger charge is 2.23. The molecule has 0 saturated heterocycles. The van der Waals surface area contributed by atoms with Crippen LogP contribution in [-0.4, -0.2) is 39.1 Å². The first-order valence-corrected chi connectivity index (χ1v) is 6.08. The van der Waals surface area contributed by atoms with E-state index in [1.165, 1.54) is 24.2 Å². The van der Waals surface area contributed by atoms with Gasteiger partial charge in [0.1, 0.15) is 23.0 Å². The molecule has 8 nitrogen and oxygen atoms in total. The molecule has 1 atom stereocenters. The Bertz CT molecular complexity index is 656. The smallest absolute Gasteiger partial charge is 0.326 e. The largest absolute Gasteiger partial charge is 0.480 e. The van der Waals surface area contributed by atoms with E-state index in [4.69, 9.17) is 5.11 Å². The zero-order valence-electron chi connectivity index (χ0n) is 10.1. The number of fused-ring (bicyclic) bond motifs is 1. The van der Waals surface area contributed by atoms with Crippen molar-refractivity contribution in [2.24, 2.45) is 0 Å². The number of anilines is 1. The molecule has 0 aromatic carbocycles. The lowest BCUT2D eigenvalue weighted by molar-refractivity contribution is -0.380. The Morgan fingerprint density at radius 2 is 2.26 bits per heavy atom. The molecule has 0 radical (unpaired) electrons. The predicted octanol–water partition coefficient (Wildman–Crippen LogP) is 1.51. The van der Waals surface area contributed by atoms with E-state index in [0.29, 0.717) is 16.0 Å². The number of aromatic nitrogens is 2. The molecular weight excluding hydrogens is 272 g/mol. The lowest BCUT2D eigenvalue weighted by Gasteiger charge is -2.22. The summed E-state index contributed by atoms with van der Waals surface area (Å²) in [5.74, 6) is -0.636. The fraction of sp³-hybridized carbons (Fsp3) is 0.300. The number of hydrogen-bond acceptors (Lipinski definition) is 7. The molecule has 0 aliphatic rings. The van der Waals surface area contributed by atoms with Crippen LogP contribution < -0.4 is 4.90 Å². The number of carboxylic acids is 1. The van der Waals surface area contributed by atoms with Gasteiger partial charge in [0, 0.05) is 13.1 Å². The van der Waals surface area contributed by atoms with Crippen LogP contribution in [0.3, 0.4) is 0 Å². The summed E-state index contributed by atoms with van der Waals surface area (Å²) in [5.41, 5.74) is 0. The van der Waals surface area contributed by atoms with Gasteiger partial charge in [0.15, 0.2) is 0 Å². The number of thiophene rings is 1. The SMILES string of the molecule is CC(C(=O)O)N(C)c1ncnc2sc([N+](=O)[O-])cc12. The summed E-state index contributed by atoms with van der Waals surface area (Å²) in [5, 5.41) is 20.2. The first-order valence-electron chi connectivity index (χ1n) is 5.26. The summed E-state index contributed by atoms with van der Waals surface area (Å²) in [4.78, 5) is 31.1. The van der Waals surface area contributed by atoms with Crippen molar-refractivity contribution in [3.05, 3.63) is 22.5 Å². The second-order valence-corrected chi connectivity index (χ2v) is 4.89. The molecular formula is C10H10N4O4S. The van der Waals surface area contributed by atoms with Crippen LogP contribution in [0.15, 0.2) is 12.4 Å². The van der Waals surface area contributed by atoms with Crippen molar-refractivity contribution in [1.82, 2.24) is 9.97 Å². The number of carbonyl (C=O) groups is 1. The summed E-state index contributed by atoms with van der Waals surface area (Å²) >= 11 is 0.933. The number of nitro groups is 1. The predicted molar refractivity (Wildman–Crippen MR) is 69.6 cm³/mol. The van der Waals surface area contributed by atoms with Crippen molar-refractivity contribution in [3.8, 4) is 0 Å². The molecule has 0 spiro atoms. The molecule has 0 bridgehead atoms. The van der Waals surface area contributed by atoms with Crippen molar-refractivity contribution in [1.29, 1.82) is 0 Å². The van der Waals surface area contributed by atoms with Gasteiger partial charge in [-0.25, -0.2) is 14.8 Å². The Hall–Kier alpha value is -2.29. The van der Waals surface area contributed by atoms with E-state index in [1.807, 2.05) is 0 Å². The molecule has 9 heteroatoms. The standard InChI is InChI=1S/C10H10N4O4S/c1-5(10(15)16)13(2)8-6-3-7(14(17)18)19-9(6)12-4-11-8/h3-5H,1-2H3,(H,15,16). The molecule has 19 heavy (non-hydrogen) atoms. The van der Waals surface area contributed by atoms with E-state index in [0.717, 1.165) is 11.3 Å². The average molecular weight is 282 g/mol. The van der Waals surface area contributed by atoms with Gasteiger partial charge in [0.2, 0.25) is 0 Å². The zero-order valence-corrected chi connectivity index (χ0v) is 10.9.